The topological polar surface area (TPSA) is 9.23 Å². The Morgan fingerprint density at radius 1 is 0.952 bits per heavy atom. The highest BCUT2D eigenvalue weighted by molar-refractivity contribution is 9.09. The molecule has 0 aliphatic rings. The minimum atomic E-state index is -0.525. The van der Waals surface area contributed by atoms with Crippen molar-refractivity contribution < 1.29 is 13.5 Å². The second-order valence-corrected chi connectivity index (χ2v) is 5.70. The Morgan fingerprint density at radius 2 is 1.52 bits per heavy atom. The third-order valence-corrected chi connectivity index (χ3v) is 4.26. The molecule has 0 fully saturated rings. The van der Waals surface area contributed by atoms with Crippen LogP contribution >= 0.6 is 15.9 Å². The summed E-state index contributed by atoms with van der Waals surface area (Å²) in [6.45, 7) is 0. The van der Waals surface area contributed by atoms with Gasteiger partial charge < -0.3 is 4.74 Å². The fourth-order valence-electron chi connectivity index (χ4n) is 2.34. The summed E-state index contributed by atoms with van der Waals surface area (Å²) < 4.78 is 31.6. The summed E-state index contributed by atoms with van der Waals surface area (Å²) >= 11 is 3.48. The second-order valence-electron chi connectivity index (χ2n) is 5.05. The summed E-state index contributed by atoms with van der Waals surface area (Å²) in [5, 5.41) is 0.775. The van der Waals surface area contributed by atoms with Crippen molar-refractivity contribution >= 4 is 15.9 Å². The molecule has 2 rings (SSSR count). The Hall–Kier alpha value is -1.42. The summed E-state index contributed by atoms with van der Waals surface area (Å²) in [5.74, 6) is 0.0477. The molecule has 0 saturated heterocycles. The van der Waals surface area contributed by atoms with Crippen molar-refractivity contribution in [3.8, 4) is 5.75 Å². The number of benzene rings is 2. The monoisotopic (exact) mass is 354 g/mol. The highest BCUT2D eigenvalue weighted by atomic mass is 79.9. The summed E-state index contributed by atoms with van der Waals surface area (Å²) in [6, 6.07) is 11.6. The van der Waals surface area contributed by atoms with E-state index in [4.69, 9.17) is 4.74 Å². The van der Waals surface area contributed by atoms with Crippen molar-refractivity contribution in [2.45, 2.75) is 12.8 Å². The zero-order valence-corrected chi connectivity index (χ0v) is 13.4. The molecule has 0 aliphatic heterocycles. The third kappa shape index (κ3) is 4.81. The van der Waals surface area contributed by atoms with Crippen LogP contribution in [0.2, 0.25) is 0 Å². The lowest BCUT2D eigenvalue weighted by atomic mass is 9.94. The predicted molar refractivity (Wildman–Crippen MR) is 84.0 cm³/mol. The first-order chi connectivity index (χ1) is 10.1. The average Bonchev–Trinajstić information content (AvgIpc) is 2.46. The van der Waals surface area contributed by atoms with Crippen LogP contribution in [0.4, 0.5) is 8.78 Å². The molecule has 2 aromatic carbocycles. The van der Waals surface area contributed by atoms with Gasteiger partial charge in [0.1, 0.15) is 17.4 Å². The van der Waals surface area contributed by atoms with E-state index in [1.807, 2.05) is 24.3 Å². The van der Waals surface area contributed by atoms with Gasteiger partial charge in [0.15, 0.2) is 0 Å². The smallest absolute Gasteiger partial charge is 0.126 e. The maximum Gasteiger partial charge on any atom is 0.126 e. The molecule has 1 atom stereocenters. The van der Waals surface area contributed by atoms with Crippen molar-refractivity contribution in [2.75, 3.05) is 12.4 Å². The number of methoxy groups -OCH3 is 1. The van der Waals surface area contributed by atoms with Gasteiger partial charge in [0.05, 0.1) is 7.11 Å². The maximum absolute atomic E-state index is 13.2. The lowest BCUT2D eigenvalue weighted by molar-refractivity contribution is 0.414. The molecule has 1 nitrogen and oxygen atoms in total. The summed E-state index contributed by atoms with van der Waals surface area (Å²) in [4.78, 5) is 0. The second kappa shape index (κ2) is 7.55. The SMILES string of the molecule is COc1ccc(CC(CBr)Cc2cc(F)cc(F)c2)cc1. The Bertz CT molecular complexity index is 564. The number of hydrogen-bond donors (Lipinski definition) is 0. The Balaban J connectivity index is 2.05. The zero-order chi connectivity index (χ0) is 15.2. The van der Waals surface area contributed by atoms with E-state index >= 15 is 0 Å². The number of halogens is 3. The minimum absolute atomic E-state index is 0.277. The molecular weight excluding hydrogens is 338 g/mol. The van der Waals surface area contributed by atoms with Crippen LogP contribution < -0.4 is 4.74 Å². The molecule has 0 spiro atoms. The normalized spacial score (nSPS) is 12.2. The zero-order valence-electron chi connectivity index (χ0n) is 11.8. The summed E-state index contributed by atoms with van der Waals surface area (Å²) in [5.41, 5.74) is 1.86. The quantitative estimate of drug-likeness (QED) is 0.679. The van der Waals surface area contributed by atoms with E-state index in [1.54, 1.807) is 7.11 Å². The Kier molecular flexibility index (Phi) is 5.74. The molecule has 0 bridgehead atoms. The number of alkyl halides is 1. The standard InChI is InChI=1S/C17H17BrF2O/c1-21-17-4-2-12(3-5-17)6-14(11-18)7-13-8-15(19)10-16(20)9-13/h2-5,8-10,14H,6-7,11H2,1H3. The molecule has 2 aromatic rings. The van der Waals surface area contributed by atoms with Crippen LogP contribution in [0.25, 0.3) is 0 Å². The van der Waals surface area contributed by atoms with Gasteiger partial charge in [0.25, 0.3) is 0 Å². The highest BCUT2D eigenvalue weighted by Gasteiger charge is 2.11. The van der Waals surface area contributed by atoms with Gasteiger partial charge >= 0.3 is 0 Å². The molecule has 21 heavy (non-hydrogen) atoms. The maximum atomic E-state index is 13.2. The van der Waals surface area contributed by atoms with Gasteiger partial charge in [0.2, 0.25) is 0 Å². The van der Waals surface area contributed by atoms with E-state index in [0.29, 0.717) is 12.0 Å². The fourth-order valence-corrected chi connectivity index (χ4v) is 2.80. The van der Waals surface area contributed by atoms with Crippen LogP contribution in [0.15, 0.2) is 42.5 Å². The molecule has 0 N–H and O–H groups in total. The van der Waals surface area contributed by atoms with Gasteiger partial charge in [-0.2, -0.15) is 0 Å². The lowest BCUT2D eigenvalue weighted by Gasteiger charge is -2.15. The van der Waals surface area contributed by atoms with Gasteiger partial charge in [-0.15, -0.1) is 0 Å². The molecule has 1 unspecified atom stereocenters. The molecule has 112 valence electrons. The Labute approximate surface area is 132 Å². The van der Waals surface area contributed by atoms with E-state index in [9.17, 15) is 8.78 Å². The largest absolute Gasteiger partial charge is 0.497 e. The molecule has 4 heteroatoms. The fraction of sp³-hybridized carbons (Fsp3) is 0.294. The van der Waals surface area contributed by atoms with Crippen molar-refractivity contribution in [1.82, 2.24) is 0 Å². The van der Waals surface area contributed by atoms with Crippen molar-refractivity contribution in [2.24, 2.45) is 5.92 Å². The van der Waals surface area contributed by atoms with Crippen LogP contribution in [-0.4, -0.2) is 12.4 Å². The number of rotatable bonds is 6. The first-order valence-corrected chi connectivity index (χ1v) is 7.86. The van der Waals surface area contributed by atoms with E-state index in [0.717, 1.165) is 23.6 Å². The molecule has 0 heterocycles. The predicted octanol–water partition coefficient (Wildman–Crippen LogP) is 4.77. The van der Waals surface area contributed by atoms with Crippen LogP contribution in [-0.2, 0) is 12.8 Å². The van der Waals surface area contributed by atoms with E-state index < -0.39 is 11.6 Å². The summed E-state index contributed by atoms with van der Waals surface area (Å²) in [7, 11) is 1.63. The van der Waals surface area contributed by atoms with Gasteiger partial charge in [-0.1, -0.05) is 28.1 Å². The number of ether oxygens (including phenoxy) is 1. The lowest BCUT2D eigenvalue weighted by Crippen LogP contribution is -2.10. The van der Waals surface area contributed by atoms with Crippen LogP contribution in [0, 0.1) is 17.6 Å². The van der Waals surface area contributed by atoms with E-state index in [-0.39, 0.29) is 5.92 Å². The van der Waals surface area contributed by atoms with Crippen molar-refractivity contribution in [1.29, 1.82) is 0 Å². The van der Waals surface area contributed by atoms with Crippen molar-refractivity contribution in [3.63, 3.8) is 0 Å². The van der Waals surface area contributed by atoms with Crippen molar-refractivity contribution in [3.05, 3.63) is 65.2 Å². The average molecular weight is 355 g/mol. The highest BCUT2D eigenvalue weighted by Crippen LogP contribution is 2.20. The molecule has 0 radical (unpaired) electrons. The third-order valence-electron chi connectivity index (χ3n) is 3.35. The Morgan fingerprint density at radius 3 is 2.05 bits per heavy atom. The van der Waals surface area contributed by atoms with Crippen LogP contribution in [0.3, 0.4) is 0 Å². The van der Waals surface area contributed by atoms with Gasteiger partial charge in [-0.05, 0) is 54.2 Å². The first kappa shape index (κ1) is 16.0. The van der Waals surface area contributed by atoms with Crippen LogP contribution in [0.1, 0.15) is 11.1 Å². The first-order valence-electron chi connectivity index (χ1n) is 6.74. The van der Waals surface area contributed by atoms with E-state index in [2.05, 4.69) is 15.9 Å². The molecule has 0 saturated carbocycles. The van der Waals surface area contributed by atoms with Gasteiger partial charge in [-0.3, -0.25) is 0 Å². The molecule has 0 amide bonds. The number of hydrogen-bond acceptors (Lipinski definition) is 1. The molecule has 0 aromatic heterocycles. The van der Waals surface area contributed by atoms with Crippen LogP contribution in [0.5, 0.6) is 5.75 Å². The minimum Gasteiger partial charge on any atom is -0.497 e. The molecule has 0 aliphatic carbocycles. The molecular formula is C17H17BrF2O. The van der Waals surface area contributed by atoms with Gasteiger partial charge in [-0.25, -0.2) is 8.78 Å². The summed E-state index contributed by atoms with van der Waals surface area (Å²) in [6.07, 6.45) is 1.47. The van der Waals surface area contributed by atoms with E-state index in [1.165, 1.54) is 17.7 Å². The van der Waals surface area contributed by atoms with Gasteiger partial charge in [0, 0.05) is 11.4 Å².